The molecule has 2 heterocycles. The Balaban J connectivity index is 1.34. The summed E-state index contributed by atoms with van der Waals surface area (Å²) in [6.45, 7) is 6.62. The van der Waals surface area contributed by atoms with Gasteiger partial charge < -0.3 is 19.5 Å². The van der Waals surface area contributed by atoms with E-state index in [9.17, 15) is 9.59 Å². The number of benzene rings is 2. The van der Waals surface area contributed by atoms with Crippen LogP contribution in [0.2, 0.25) is 0 Å². The molecule has 0 bridgehead atoms. The van der Waals surface area contributed by atoms with Gasteiger partial charge in [0.1, 0.15) is 18.8 Å². The van der Waals surface area contributed by atoms with Crippen LogP contribution in [0.1, 0.15) is 45.8 Å². The molecule has 1 unspecified atom stereocenters. The summed E-state index contributed by atoms with van der Waals surface area (Å²) in [5.41, 5.74) is 3.60. The number of hydrogen-bond donors (Lipinski definition) is 1. The van der Waals surface area contributed by atoms with Gasteiger partial charge in [-0.2, -0.15) is 5.10 Å². The van der Waals surface area contributed by atoms with Crippen LogP contribution in [0.3, 0.4) is 0 Å². The molecule has 1 atom stereocenters. The monoisotopic (exact) mass is 449 g/mol. The predicted octanol–water partition coefficient (Wildman–Crippen LogP) is 3.35. The molecule has 0 spiro atoms. The van der Waals surface area contributed by atoms with Crippen molar-refractivity contribution < 1.29 is 23.8 Å². The number of aryl methyl sites for hydroxylation is 1. The molecule has 1 aliphatic rings. The number of fused-ring (bicyclic) bond motifs is 1. The largest absolute Gasteiger partial charge is 0.486 e. The van der Waals surface area contributed by atoms with Crippen molar-refractivity contribution in [3.05, 3.63) is 76.6 Å². The summed E-state index contributed by atoms with van der Waals surface area (Å²) in [7, 11) is 0. The third-order valence-electron chi connectivity index (χ3n) is 5.54. The molecule has 3 aromatic rings. The number of carbonyl (C=O) groups excluding carboxylic acids is 2. The summed E-state index contributed by atoms with van der Waals surface area (Å²) in [6, 6.07) is 15.1. The molecular weight excluding hydrogens is 422 g/mol. The lowest BCUT2D eigenvalue weighted by molar-refractivity contribution is -0.124. The van der Waals surface area contributed by atoms with E-state index in [-0.39, 0.29) is 12.6 Å². The second kappa shape index (κ2) is 9.77. The number of amides is 1. The van der Waals surface area contributed by atoms with Crippen molar-refractivity contribution in [1.29, 1.82) is 0 Å². The zero-order valence-corrected chi connectivity index (χ0v) is 19.0. The third kappa shape index (κ3) is 5.16. The van der Waals surface area contributed by atoms with Crippen LogP contribution in [0.15, 0.2) is 48.5 Å². The van der Waals surface area contributed by atoms with Crippen LogP contribution in [0.4, 0.5) is 0 Å². The van der Waals surface area contributed by atoms with E-state index < -0.39 is 11.9 Å². The SMILES string of the molecule is Cc1nn(Cc2ccccc2)c(C)c1C(=O)OCC(=O)NC(C)c1ccc2c(c1)OCCO2. The van der Waals surface area contributed by atoms with E-state index >= 15 is 0 Å². The van der Waals surface area contributed by atoms with E-state index in [1.807, 2.05) is 62.4 Å². The van der Waals surface area contributed by atoms with Crippen molar-refractivity contribution in [2.75, 3.05) is 19.8 Å². The second-order valence-electron chi connectivity index (χ2n) is 7.96. The molecule has 33 heavy (non-hydrogen) atoms. The minimum Gasteiger partial charge on any atom is -0.486 e. The number of nitrogens with zero attached hydrogens (tertiary/aromatic N) is 2. The van der Waals surface area contributed by atoms with Crippen LogP contribution < -0.4 is 14.8 Å². The first-order chi connectivity index (χ1) is 15.9. The lowest BCUT2D eigenvalue weighted by Crippen LogP contribution is -2.31. The molecule has 4 rings (SSSR count). The molecular formula is C25H27N3O5. The smallest absolute Gasteiger partial charge is 0.342 e. The number of aromatic nitrogens is 2. The summed E-state index contributed by atoms with van der Waals surface area (Å²) in [6.07, 6.45) is 0. The zero-order valence-electron chi connectivity index (χ0n) is 19.0. The van der Waals surface area contributed by atoms with E-state index in [0.717, 1.165) is 11.1 Å². The quantitative estimate of drug-likeness (QED) is 0.556. The first-order valence-corrected chi connectivity index (χ1v) is 10.9. The van der Waals surface area contributed by atoms with Gasteiger partial charge in [-0.05, 0) is 44.0 Å². The molecule has 0 aliphatic carbocycles. The molecule has 8 heteroatoms. The fraction of sp³-hybridized carbons (Fsp3) is 0.320. The van der Waals surface area contributed by atoms with Gasteiger partial charge in [-0.3, -0.25) is 9.48 Å². The van der Waals surface area contributed by atoms with Gasteiger partial charge in [0, 0.05) is 0 Å². The first kappa shape index (κ1) is 22.4. The van der Waals surface area contributed by atoms with Gasteiger partial charge in [0.15, 0.2) is 18.1 Å². The summed E-state index contributed by atoms with van der Waals surface area (Å²) >= 11 is 0. The number of ether oxygens (including phenoxy) is 3. The van der Waals surface area contributed by atoms with Crippen LogP contribution in [-0.2, 0) is 16.1 Å². The Morgan fingerprint density at radius 1 is 1.09 bits per heavy atom. The normalized spacial score (nSPS) is 13.3. The lowest BCUT2D eigenvalue weighted by Gasteiger charge is -2.21. The molecule has 0 fully saturated rings. The summed E-state index contributed by atoms with van der Waals surface area (Å²) in [5.74, 6) is 0.393. The van der Waals surface area contributed by atoms with Crippen LogP contribution in [0.25, 0.3) is 0 Å². The Morgan fingerprint density at radius 3 is 2.58 bits per heavy atom. The highest BCUT2D eigenvalue weighted by molar-refractivity contribution is 5.93. The fourth-order valence-corrected chi connectivity index (χ4v) is 3.80. The molecule has 1 N–H and O–H groups in total. The van der Waals surface area contributed by atoms with Crippen molar-refractivity contribution in [2.45, 2.75) is 33.4 Å². The molecule has 8 nitrogen and oxygen atoms in total. The Bertz CT molecular complexity index is 1160. The topological polar surface area (TPSA) is 91.7 Å². The molecule has 172 valence electrons. The molecule has 0 radical (unpaired) electrons. The maximum Gasteiger partial charge on any atom is 0.342 e. The van der Waals surface area contributed by atoms with Gasteiger partial charge >= 0.3 is 5.97 Å². The van der Waals surface area contributed by atoms with Crippen molar-refractivity contribution in [2.24, 2.45) is 0 Å². The van der Waals surface area contributed by atoms with Gasteiger partial charge in [-0.15, -0.1) is 0 Å². The molecule has 2 aromatic carbocycles. The average Bonchev–Trinajstić information content (AvgIpc) is 3.10. The number of esters is 1. The first-order valence-electron chi connectivity index (χ1n) is 10.9. The Kier molecular flexibility index (Phi) is 6.63. The van der Waals surface area contributed by atoms with Gasteiger partial charge in [-0.1, -0.05) is 36.4 Å². The van der Waals surface area contributed by atoms with E-state index in [4.69, 9.17) is 14.2 Å². The van der Waals surface area contributed by atoms with Crippen LogP contribution in [0, 0.1) is 13.8 Å². The Labute approximate surface area is 192 Å². The van der Waals surface area contributed by atoms with E-state index in [2.05, 4.69) is 10.4 Å². The number of hydrogen-bond acceptors (Lipinski definition) is 6. The number of carbonyl (C=O) groups is 2. The summed E-state index contributed by atoms with van der Waals surface area (Å²) in [4.78, 5) is 25.1. The van der Waals surface area contributed by atoms with Gasteiger partial charge in [0.05, 0.1) is 24.0 Å². The van der Waals surface area contributed by atoms with Crippen LogP contribution >= 0.6 is 0 Å². The highest BCUT2D eigenvalue weighted by Crippen LogP contribution is 2.32. The maximum atomic E-state index is 12.7. The van der Waals surface area contributed by atoms with Crippen molar-refractivity contribution in [3.63, 3.8) is 0 Å². The van der Waals surface area contributed by atoms with Gasteiger partial charge in [0.25, 0.3) is 5.91 Å². The average molecular weight is 450 g/mol. The molecule has 0 saturated carbocycles. The standard InChI is InChI=1S/C25H27N3O5/c1-16(20-9-10-21-22(13-20)32-12-11-31-21)26-23(29)15-33-25(30)24-17(2)27-28(18(24)3)14-19-7-5-4-6-8-19/h4-10,13,16H,11-12,14-15H2,1-3H3,(H,26,29). The number of nitrogens with one attached hydrogen (secondary N) is 1. The highest BCUT2D eigenvalue weighted by atomic mass is 16.6. The van der Waals surface area contributed by atoms with Crippen molar-refractivity contribution in [3.8, 4) is 11.5 Å². The van der Waals surface area contributed by atoms with Gasteiger partial charge in [0.2, 0.25) is 0 Å². The predicted molar refractivity (Wildman–Crippen MR) is 122 cm³/mol. The van der Waals surface area contributed by atoms with E-state index in [1.165, 1.54) is 0 Å². The second-order valence-corrected chi connectivity index (χ2v) is 7.96. The molecule has 1 amide bonds. The van der Waals surface area contributed by atoms with Crippen molar-refractivity contribution >= 4 is 11.9 Å². The number of rotatable bonds is 7. The van der Waals surface area contributed by atoms with Crippen LogP contribution in [-0.4, -0.2) is 41.5 Å². The highest BCUT2D eigenvalue weighted by Gasteiger charge is 2.22. The van der Waals surface area contributed by atoms with Crippen molar-refractivity contribution in [1.82, 2.24) is 15.1 Å². The van der Waals surface area contributed by atoms with Crippen LogP contribution in [0.5, 0.6) is 11.5 Å². The maximum absolute atomic E-state index is 12.7. The fourth-order valence-electron chi connectivity index (χ4n) is 3.80. The molecule has 1 aromatic heterocycles. The Morgan fingerprint density at radius 2 is 1.82 bits per heavy atom. The minimum atomic E-state index is -0.563. The zero-order chi connectivity index (χ0) is 23.4. The summed E-state index contributed by atoms with van der Waals surface area (Å²) in [5, 5.41) is 7.31. The Hall–Kier alpha value is -3.81. The summed E-state index contributed by atoms with van der Waals surface area (Å²) < 4.78 is 18.2. The van der Waals surface area contributed by atoms with E-state index in [1.54, 1.807) is 11.6 Å². The minimum absolute atomic E-state index is 0.288. The van der Waals surface area contributed by atoms with Gasteiger partial charge in [-0.25, -0.2) is 4.79 Å². The lowest BCUT2D eigenvalue weighted by atomic mass is 10.1. The molecule has 1 aliphatic heterocycles. The van der Waals surface area contributed by atoms with E-state index in [0.29, 0.717) is 48.2 Å². The third-order valence-corrected chi connectivity index (χ3v) is 5.54. The molecule has 0 saturated heterocycles.